The summed E-state index contributed by atoms with van der Waals surface area (Å²) in [4.78, 5) is 2.64. The van der Waals surface area contributed by atoms with E-state index in [-0.39, 0.29) is 0 Å². The Labute approximate surface area is 163 Å². The predicted octanol–water partition coefficient (Wildman–Crippen LogP) is 3.86. The first-order valence-corrected chi connectivity index (χ1v) is 10.0. The van der Waals surface area contributed by atoms with Crippen molar-refractivity contribution in [3.05, 3.63) is 71.8 Å². The van der Waals surface area contributed by atoms with Gasteiger partial charge in [0, 0.05) is 31.6 Å². The summed E-state index contributed by atoms with van der Waals surface area (Å²) in [5.74, 6) is 1.70. The minimum Gasteiger partial charge on any atom is -0.497 e. The third-order valence-corrected chi connectivity index (χ3v) is 6.30. The summed E-state index contributed by atoms with van der Waals surface area (Å²) in [6.45, 7) is 5.81. The monoisotopic (exact) mass is 362 g/mol. The number of rotatable bonds is 7. The summed E-state index contributed by atoms with van der Waals surface area (Å²) in [5, 5.41) is 3.66. The number of nitrogens with one attached hydrogen (secondary N) is 1. The largest absolute Gasteiger partial charge is 0.497 e. The average molecular weight is 363 g/mol. The van der Waals surface area contributed by atoms with Crippen LogP contribution in [0.5, 0.6) is 5.75 Å². The number of fused-ring (bicyclic) bond motifs is 1. The van der Waals surface area contributed by atoms with Gasteiger partial charge in [-0.05, 0) is 48.6 Å². The first-order valence-electron chi connectivity index (χ1n) is 10.0. The molecule has 142 valence electrons. The van der Waals surface area contributed by atoms with E-state index < -0.39 is 0 Å². The van der Waals surface area contributed by atoms with Gasteiger partial charge in [0.15, 0.2) is 0 Å². The number of aryl methyl sites for hydroxylation is 1. The molecule has 0 radical (unpaired) electrons. The van der Waals surface area contributed by atoms with E-state index in [1.54, 1.807) is 7.11 Å². The molecule has 0 amide bonds. The molecule has 2 fully saturated rings. The molecule has 0 bridgehead atoms. The van der Waals surface area contributed by atoms with Crippen LogP contribution in [0.4, 0.5) is 0 Å². The number of nitrogens with zero attached hydrogens (tertiary/aromatic N) is 1. The van der Waals surface area contributed by atoms with Crippen molar-refractivity contribution in [3.8, 4) is 5.75 Å². The van der Waals surface area contributed by atoms with E-state index in [2.05, 4.69) is 64.8 Å². The Morgan fingerprint density at radius 2 is 1.96 bits per heavy atom. The Morgan fingerprint density at radius 1 is 1.15 bits per heavy atom. The minimum absolute atomic E-state index is 0.448. The lowest BCUT2D eigenvalue weighted by Crippen LogP contribution is -2.33. The molecule has 2 unspecified atom stereocenters. The first kappa shape index (κ1) is 18.3. The lowest BCUT2D eigenvalue weighted by atomic mass is 9.76. The van der Waals surface area contributed by atoms with Gasteiger partial charge in [-0.25, -0.2) is 0 Å². The minimum atomic E-state index is 0.448. The number of hydrogen-bond donors (Lipinski definition) is 1. The standard InChI is InChI=1S/C24H30N2O/c1-27-23-11-9-21(10-12-23)8-5-15-26-17-22-16-25-18-24(22,19-26)14-13-20-6-3-2-4-7-20/h2-12,22,25H,13-19H2,1H3/b8-5+. The lowest BCUT2D eigenvalue weighted by Gasteiger charge is -2.28. The van der Waals surface area contributed by atoms with E-state index in [0.717, 1.165) is 18.2 Å². The third kappa shape index (κ3) is 4.26. The smallest absolute Gasteiger partial charge is 0.118 e. The fourth-order valence-electron chi connectivity index (χ4n) is 4.72. The molecular formula is C24H30N2O. The zero-order valence-electron chi connectivity index (χ0n) is 16.2. The van der Waals surface area contributed by atoms with Gasteiger partial charge < -0.3 is 10.1 Å². The molecule has 4 rings (SSSR count). The first-order chi connectivity index (χ1) is 13.3. The predicted molar refractivity (Wildman–Crippen MR) is 112 cm³/mol. The quantitative estimate of drug-likeness (QED) is 0.809. The lowest BCUT2D eigenvalue weighted by molar-refractivity contribution is 0.249. The van der Waals surface area contributed by atoms with E-state index in [4.69, 9.17) is 4.74 Å². The van der Waals surface area contributed by atoms with Gasteiger partial charge in [0.1, 0.15) is 5.75 Å². The Morgan fingerprint density at radius 3 is 2.74 bits per heavy atom. The Balaban J connectivity index is 1.33. The van der Waals surface area contributed by atoms with Crippen LogP contribution in [0.25, 0.3) is 6.08 Å². The maximum atomic E-state index is 5.23. The highest BCUT2D eigenvalue weighted by atomic mass is 16.5. The highest BCUT2D eigenvalue weighted by Gasteiger charge is 2.48. The number of ether oxygens (including phenoxy) is 1. The topological polar surface area (TPSA) is 24.5 Å². The van der Waals surface area contributed by atoms with Gasteiger partial charge in [-0.1, -0.05) is 54.6 Å². The second-order valence-electron chi connectivity index (χ2n) is 8.05. The number of hydrogen-bond acceptors (Lipinski definition) is 3. The van der Waals surface area contributed by atoms with Crippen LogP contribution in [0.3, 0.4) is 0 Å². The number of methoxy groups -OCH3 is 1. The SMILES string of the molecule is COc1ccc(/C=C/CN2CC3CNCC3(CCc3ccccc3)C2)cc1. The highest BCUT2D eigenvalue weighted by molar-refractivity contribution is 5.50. The Kier molecular flexibility index (Phi) is 5.61. The molecule has 2 aromatic rings. The summed E-state index contributed by atoms with van der Waals surface area (Å²) in [6.07, 6.45) is 7.01. The van der Waals surface area contributed by atoms with Crippen molar-refractivity contribution >= 4 is 6.08 Å². The van der Waals surface area contributed by atoms with Crippen LogP contribution in [0.2, 0.25) is 0 Å². The van der Waals surface area contributed by atoms with Crippen LogP contribution in [0.15, 0.2) is 60.7 Å². The van der Waals surface area contributed by atoms with Gasteiger partial charge >= 0.3 is 0 Å². The molecule has 0 saturated carbocycles. The van der Waals surface area contributed by atoms with E-state index in [1.807, 2.05) is 12.1 Å². The molecule has 3 nitrogen and oxygen atoms in total. The molecular weight excluding hydrogens is 332 g/mol. The molecule has 3 heteroatoms. The van der Waals surface area contributed by atoms with Crippen molar-refractivity contribution in [2.45, 2.75) is 12.8 Å². The molecule has 2 saturated heterocycles. The van der Waals surface area contributed by atoms with Crippen LogP contribution in [-0.4, -0.2) is 44.7 Å². The van der Waals surface area contributed by atoms with Crippen molar-refractivity contribution < 1.29 is 4.74 Å². The van der Waals surface area contributed by atoms with Crippen LogP contribution < -0.4 is 10.1 Å². The molecule has 2 aliphatic heterocycles. The van der Waals surface area contributed by atoms with Gasteiger partial charge in [0.25, 0.3) is 0 Å². The van der Waals surface area contributed by atoms with Gasteiger partial charge in [-0.3, -0.25) is 4.90 Å². The summed E-state index contributed by atoms with van der Waals surface area (Å²) < 4.78 is 5.23. The molecule has 2 atom stereocenters. The second kappa shape index (κ2) is 8.28. The third-order valence-electron chi connectivity index (χ3n) is 6.30. The van der Waals surface area contributed by atoms with Gasteiger partial charge in [0.2, 0.25) is 0 Å². The van der Waals surface area contributed by atoms with Gasteiger partial charge in [-0.15, -0.1) is 0 Å². The maximum absolute atomic E-state index is 5.23. The number of likely N-dealkylation sites (tertiary alicyclic amines) is 1. The van der Waals surface area contributed by atoms with Crippen molar-refractivity contribution in [2.75, 3.05) is 39.8 Å². The molecule has 0 spiro atoms. The van der Waals surface area contributed by atoms with Crippen LogP contribution in [-0.2, 0) is 6.42 Å². The van der Waals surface area contributed by atoms with Crippen molar-refractivity contribution in [1.29, 1.82) is 0 Å². The summed E-state index contributed by atoms with van der Waals surface area (Å²) >= 11 is 0. The summed E-state index contributed by atoms with van der Waals surface area (Å²) in [6, 6.07) is 19.2. The molecule has 2 heterocycles. The highest BCUT2D eigenvalue weighted by Crippen LogP contribution is 2.42. The fourth-order valence-corrected chi connectivity index (χ4v) is 4.72. The maximum Gasteiger partial charge on any atom is 0.118 e. The van der Waals surface area contributed by atoms with Crippen LogP contribution in [0, 0.1) is 11.3 Å². The fraction of sp³-hybridized carbons (Fsp3) is 0.417. The second-order valence-corrected chi connectivity index (χ2v) is 8.05. The van der Waals surface area contributed by atoms with Crippen molar-refractivity contribution in [3.63, 3.8) is 0 Å². The normalized spacial score (nSPS) is 25.1. The molecule has 2 aliphatic rings. The zero-order chi connectivity index (χ0) is 18.5. The zero-order valence-corrected chi connectivity index (χ0v) is 16.2. The van der Waals surface area contributed by atoms with E-state index in [0.29, 0.717) is 5.41 Å². The molecule has 1 N–H and O–H groups in total. The number of benzene rings is 2. The van der Waals surface area contributed by atoms with Crippen LogP contribution in [0.1, 0.15) is 17.5 Å². The summed E-state index contributed by atoms with van der Waals surface area (Å²) in [5.41, 5.74) is 3.15. The van der Waals surface area contributed by atoms with Crippen molar-refractivity contribution in [1.82, 2.24) is 10.2 Å². The molecule has 2 aromatic carbocycles. The van der Waals surface area contributed by atoms with E-state index >= 15 is 0 Å². The Hall–Kier alpha value is -2.10. The van der Waals surface area contributed by atoms with E-state index in [9.17, 15) is 0 Å². The van der Waals surface area contributed by atoms with E-state index in [1.165, 1.54) is 50.1 Å². The van der Waals surface area contributed by atoms with Crippen LogP contribution >= 0.6 is 0 Å². The van der Waals surface area contributed by atoms with Gasteiger partial charge in [-0.2, -0.15) is 0 Å². The molecule has 27 heavy (non-hydrogen) atoms. The Bertz CT molecular complexity index is 756. The molecule has 0 aromatic heterocycles. The average Bonchev–Trinajstić information content (AvgIpc) is 3.25. The summed E-state index contributed by atoms with van der Waals surface area (Å²) in [7, 11) is 1.71. The van der Waals surface area contributed by atoms with Crippen molar-refractivity contribution in [2.24, 2.45) is 11.3 Å². The van der Waals surface area contributed by atoms with Gasteiger partial charge in [0.05, 0.1) is 7.11 Å². The molecule has 0 aliphatic carbocycles.